The van der Waals surface area contributed by atoms with Crippen LogP contribution in [0.3, 0.4) is 0 Å². The number of hydrogen-bond acceptors (Lipinski definition) is 6. The molecule has 0 aliphatic rings. The van der Waals surface area contributed by atoms with Crippen molar-refractivity contribution in [3.63, 3.8) is 0 Å². The van der Waals surface area contributed by atoms with E-state index in [4.69, 9.17) is 14.5 Å². The molecule has 32 heavy (non-hydrogen) atoms. The lowest BCUT2D eigenvalue weighted by atomic mass is 9.95. The van der Waals surface area contributed by atoms with Crippen LogP contribution in [-0.2, 0) is 14.9 Å². The lowest BCUT2D eigenvalue weighted by Gasteiger charge is -2.20. The summed E-state index contributed by atoms with van der Waals surface area (Å²) in [5.41, 5.74) is 0.770. The van der Waals surface area contributed by atoms with Crippen molar-refractivity contribution >= 4 is 61.6 Å². The molecule has 0 amide bonds. The van der Waals surface area contributed by atoms with E-state index in [0.717, 1.165) is 13.6 Å². The molecular weight excluding hydrogens is 589 g/mol. The highest BCUT2D eigenvalue weighted by atomic mass is 127. The molecule has 0 saturated heterocycles. The number of halogens is 2. The van der Waals surface area contributed by atoms with E-state index >= 15 is 0 Å². The van der Waals surface area contributed by atoms with E-state index in [1.54, 1.807) is 31.3 Å². The van der Waals surface area contributed by atoms with Gasteiger partial charge in [-0.05, 0) is 71.5 Å². The summed E-state index contributed by atoms with van der Waals surface area (Å²) in [6, 6.07) is 10.8. The molecule has 0 fully saturated rings. The van der Waals surface area contributed by atoms with E-state index < -0.39 is 17.5 Å². The third-order valence-electron chi connectivity index (χ3n) is 4.59. The average Bonchev–Trinajstić information content (AvgIpc) is 2.73. The monoisotopic (exact) mass is 611 g/mol. The zero-order chi connectivity index (χ0) is 23.6. The van der Waals surface area contributed by atoms with Gasteiger partial charge in [-0.15, -0.1) is 0 Å². The molecule has 2 aromatic carbocycles. The van der Waals surface area contributed by atoms with Crippen molar-refractivity contribution in [2.24, 2.45) is 5.10 Å². The standard InChI is InChI=1S/C23H23BrIN3O4/c1-13(21(30)31-5)32-19-9-6-14(10-17(19)25)12-26-28-20(29)16-11-15(24)7-8-18(16)27-22(28)23(2,3)4/h6-13H,1-5H3/t13-/m1/s1. The number of ether oxygens (including phenoxy) is 2. The van der Waals surface area contributed by atoms with Crippen LogP contribution < -0.4 is 10.3 Å². The van der Waals surface area contributed by atoms with Gasteiger partial charge < -0.3 is 9.47 Å². The third kappa shape index (κ3) is 5.37. The predicted molar refractivity (Wildman–Crippen MR) is 137 cm³/mol. The molecule has 1 heterocycles. The first-order valence-corrected chi connectivity index (χ1v) is 11.7. The molecule has 168 valence electrons. The van der Waals surface area contributed by atoms with Crippen LogP contribution in [0.25, 0.3) is 10.9 Å². The van der Waals surface area contributed by atoms with Gasteiger partial charge >= 0.3 is 5.97 Å². The first-order chi connectivity index (χ1) is 15.0. The fourth-order valence-electron chi connectivity index (χ4n) is 2.96. The van der Waals surface area contributed by atoms with Crippen molar-refractivity contribution in [2.75, 3.05) is 7.11 Å². The maximum Gasteiger partial charge on any atom is 0.346 e. The SMILES string of the molecule is COC(=O)[C@@H](C)Oc1ccc(C=Nn2c(C(C)(C)C)nc3ccc(Br)cc3c2=O)cc1I. The van der Waals surface area contributed by atoms with Crippen molar-refractivity contribution in [2.45, 2.75) is 39.2 Å². The molecule has 0 N–H and O–H groups in total. The molecule has 9 heteroatoms. The maximum absolute atomic E-state index is 13.2. The van der Waals surface area contributed by atoms with Gasteiger partial charge in [-0.1, -0.05) is 36.7 Å². The van der Waals surface area contributed by atoms with E-state index in [0.29, 0.717) is 22.5 Å². The van der Waals surface area contributed by atoms with Gasteiger partial charge in [0.2, 0.25) is 0 Å². The molecule has 1 atom stereocenters. The summed E-state index contributed by atoms with van der Waals surface area (Å²) in [6.07, 6.45) is 0.890. The molecule has 3 aromatic rings. The van der Waals surface area contributed by atoms with Crippen molar-refractivity contribution < 1.29 is 14.3 Å². The molecule has 0 saturated carbocycles. The minimum absolute atomic E-state index is 0.237. The molecule has 0 unspecified atom stereocenters. The summed E-state index contributed by atoms with van der Waals surface area (Å²) in [5, 5.41) is 4.96. The van der Waals surface area contributed by atoms with E-state index in [2.05, 4.69) is 43.6 Å². The zero-order valence-corrected chi connectivity index (χ0v) is 22.1. The van der Waals surface area contributed by atoms with Gasteiger partial charge in [0.1, 0.15) is 11.6 Å². The first-order valence-electron chi connectivity index (χ1n) is 9.82. The molecular formula is C23H23BrIN3O4. The number of carbonyl (C=O) groups excluding carboxylic acids is 1. The van der Waals surface area contributed by atoms with E-state index in [1.165, 1.54) is 11.8 Å². The summed E-state index contributed by atoms with van der Waals surface area (Å²) >= 11 is 5.54. The first kappa shape index (κ1) is 24.4. The van der Waals surface area contributed by atoms with Gasteiger partial charge in [0.05, 0.1) is 27.8 Å². The fraction of sp³-hybridized carbons (Fsp3) is 0.304. The summed E-state index contributed by atoms with van der Waals surface area (Å²) in [7, 11) is 1.32. The molecule has 0 radical (unpaired) electrons. The topological polar surface area (TPSA) is 82.8 Å². The lowest BCUT2D eigenvalue weighted by Crippen LogP contribution is -2.29. The zero-order valence-electron chi connectivity index (χ0n) is 18.3. The van der Waals surface area contributed by atoms with Gasteiger partial charge in [-0.3, -0.25) is 4.79 Å². The third-order valence-corrected chi connectivity index (χ3v) is 5.93. The average molecular weight is 612 g/mol. The molecule has 7 nitrogen and oxygen atoms in total. The Morgan fingerprint density at radius 3 is 2.59 bits per heavy atom. The Kier molecular flexibility index (Phi) is 7.39. The van der Waals surface area contributed by atoms with Crippen LogP contribution >= 0.6 is 38.5 Å². The van der Waals surface area contributed by atoms with Crippen LogP contribution in [0.1, 0.15) is 39.1 Å². The van der Waals surface area contributed by atoms with Crippen LogP contribution in [0.4, 0.5) is 0 Å². The van der Waals surface area contributed by atoms with Gasteiger partial charge in [0, 0.05) is 9.89 Å². The van der Waals surface area contributed by atoms with Gasteiger partial charge in [0.15, 0.2) is 6.10 Å². The quantitative estimate of drug-likeness (QED) is 0.233. The second-order valence-corrected chi connectivity index (χ2v) is 10.3. The highest BCUT2D eigenvalue weighted by Gasteiger charge is 2.23. The van der Waals surface area contributed by atoms with Crippen LogP contribution in [0.15, 0.2) is 50.8 Å². The molecule has 1 aromatic heterocycles. The second-order valence-electron chi connectivity index (χ2n) is 8.18. The van der Waals surface area contributed by atoms with E-state index in [1.807, 2.05) is 39.0 Å². The second kappa shape index (κ2) is 9.70. The maximum atomic E-state index is 13.2. The molecule has 3 rings (SSSR count). The number of rotatable bonds is 5. The highest BCUT2D eigenvalue weighted by Crippen LogP contribution is 2.24. The van der Waals surface area contributed by atoms with Gasteiger partial charge in [0.25, 0.3) is 5.56 Å². The van der Waals surface area contributed by atoms with Crippen LogP contribution in [0, 0.1) is 3.57 Å². The minimum Gasteiger partial charge on any atom is -0.478 e. The van der Waals surface area contributed by atoms with Gasteiger partial charge in [-0.2, -0.15) is 9.78 Å². The summed E-state index contributed by atoms with van der Waals surface area (Å²) < 4.78 is 13.3. The Bertz CT molecular complexity index is 1260. The summed E-state index contributed by atoms with van der Waals surface area (Å²) in [6.45, 7) is 7.60. The number of hydrogen-bond donors (Lipinski definition) is 0. The molecule has 0 bridgehead atoms. The number of benzene rings is 2. The Morgan fingerprint density at radius 1 is 1.25 bits per heavy atom. The summed E-state index contributed by atoms with van der Waals surface area (Å²) in [4.78, 5) is 29.5. The number of methoxy groups -OCH3 is 1. The Balaban J connectivity index is 2.01. The lowest BCUT2D eigenvalue weighted by molar-refractivity contribution is -0.147. The Morgan fingerprint density at radius 2 is 1.97 bits per heavy atom. The normalized spacial score (nSPS) is 12.8. The fourth-order valence-corrected chi connectivity index (χ4v) is 3.99. The number of aromatic nitrogens is 2. The van der Waals surface area contributed by atoms with E-state index in [9.17, 15) is 9.59 Å². The van der Waals surface area contributed by atoms with Crippen molar-refractivity contribution in [1.29, 1.82) is 0 Å². The van der Waals surface area contributed by atoms with Crippen LogP contribution in [-0.4, -0.2) is 35.1 Å². The largest absolute Gasteiger partial charge is 0.478 e. The van der Waals surface area contributed by atoms with Crippen molar-refractivity contribution in [3.8, 4) is 5.75 Å². The predicted octanol–water partition coefficient (Wildman–Crippen LogP) is 4.88. The van der Waals surface area contributed by atoms with E-state index in [-0.39, 0.29) is 5.56 Å². The number of esters is 1. The highest BCUT2D eigenvalue weighted by molar-refractivity contribution is 14.1. The number of fused-ring (bicyclic) bond motifs is 1. The Hall–Kier alpha value is -2.27. The van der Waals surface area contributed by atoms with Crippen LogP contribution in [0.2, 0.25) is 0 Å². The van der Waals surface area contributed by atoms with Crippen molar-refractivity contribution in [3.05, 3.63) is 66.2 Å². The van der Waals surface area contributed by atoms with Crippen molar-refractivity contribution in [1.82, 2.24) is 9.66 Å². The van der Waals surface area contributed by atoms with Gasteiger partial charge in [-0.25, -0.2) is 9.78 Å². The summed E-state index contributed by atoms with van der Waals surface area (Å²) in [5.74, 6) is 0.677. The molecule has 0 spiro atoms. The smallest absolute Gasteiger partial charge is 0.346 e. The molecule has 0 aliphatic heterocycles. The minimum atomic E-state index is -0.719. The number of nitrogens with zero attached hydrogens (tertiary/aromatic N) is 3. The number of carbonyl (C=O) groups is 1. The van der Waals surface area contributed by atoms with Crippen LogP contribution in [0.5, 0.6) is 5.75 Å². The Labute approximate surface area is 208 Å². The molecule has 0 aliphatic carbocycles.